The Bertz CT molecular complexity index is 864. The van der Waals surface area contributed by atoms with Crippen molar-refractivity contribution in [3.63, 3.8) is 0 Å². The third kappa shape index (κ3) is 25.9. The lowest BCUT2D eigenvalue weighted by Crippen LogP contribution is -2.38. The van der Waals surface area contributed by atoms with Crippen LogP contribution in [0.1, 0.15) is 12.8 Å². The van der Waals surface area contributed by atoms with Gasteiger partial charge in [0, 0.05) is 39.1 Å². The molecule has 46 heavy (non-hydrogen) atoms. The monoisotopic (exact) mass is 706 g/mol. The predicted octanol–water partition coefficient (Wildman–Crippen LogP) is 0.787. The summed E-state index contributed by atoms with van der Waals surface area (Å²) in [5, 5.41) is 4.95. The molecular formula is C25H48N4O15P2. The van der Waals surface area contributed by atoms with Gasteiger partial charge in [0.25, 0.3) is 12.9 Å². The van der Waals surface area contributed by atoms with Crippen LogP contribution >= 0.6 is 15.6 Å². The van der Waals surface area contributed by atoms with Gasteiger partial charge < -0.3 is 41.0 Å². The van der Waals surface area contributed by atoms with Gasteiger partial charge in [0.2, 0.25) is 0 Å². The van der Waals surface area contributed by atoms with Crippen LogP contribution < -0.4 is 22.1 Å². The van der Waals surface area contributed by atoms with Crippen molar-refractivity contribution in [2.45, 2.75) is 24.9 Å². The molecule has 0 fully saturated rings. The average Bonchev–Trinajstić information content (AvgIpc) is 3.04. The van der Waals surface area contributed by atoms with Crippen LogP contribution in [0.4, 0.5) is 4.79 Å². The smallest absolute Gasteiger partial charge is 0.468 e. The van der Waals surface area contributed by atoms with Gasteiger partial charge in [0.15, 0.2) is 0 Å². The molecular weight excluding hydrogens is 658 g/mol. The minimum Gasteiger partial charge on any atom is -0.468 e. The van der Waals surface area contributed by atoms with E-state index in [0.29, 0.717) is 39.0 Å². The van der Waals surface area contributed by atoms with Gasteiger partial charge in [-0.15, -0.1) is 13.2 Å². The summed E-state index contributed by atoms with van der Waals surface area (Å²) in [5.74, 6) is 0. The molecule has 0 heterocycles. The van der Waals surface area contributed by atoms with Crippen LogP contribution in [0.5, 0.6) is 0 Å². The molecule has 6 N–H and O–H groups in total. The van der Waals surface area contributed by atoms with Crippen LogP contribution in [0.25, 0.3) is 0 Å². The Morgan fingerprint density at radius 2 is 1.04 bits per heavy atom. The Balaban J connectivity index is 4.39. The van der Waals surface area contributed by atoms with Crippen LogP contribution in [-0.4, -0.2) is 123 Å². The second-order valence-electron chi connectivity index (χ2n) is 8.82. The molecule has 0 aromatic carbocycles. The number of phosphoric ester groups is 2. The van der Waals surface area contributed by atoms with Gasteiger partial charge in [-0.1, -0.05) is 12.2 Å². The highest BCUT2D eigenvalue weighted by Crippen LogP contribution is 2.50. The van der Waals surface area contributed by atoms with Gasteiger partial charge in [-0.05, 0) is 0 Å². The molecule has 268 valence electrons. The van der Waals surface area contributed by atoms with Gasteiger partial charge >= 0.3 is 21.7 Å². The van der Waals surface area contributed by atoms with Gasteiger partial charge in [0.1, 0.15) is 0 Å². The lowest BCUT2D eigenvalue weighted by molar-refractivity contribution is -0.129. The van der Waals surface area contributed by atoms with Crippen LogP contribution in [0.2, 0.25) is 0 Å². The van der Waals surface area contributed by atoms with E-state index in [9.17, 15) is 23.5 Å². The molecule has 4 atom stereocenters. The third-order valence-electron chi connectivity index (χ3n) is 4.77. The van der Waals surface area contributed by atoms with Crippen molar-refractivity contribution < 1.29 is 69.6 Å². The lowest BCUT2D eigenvalue weighted by Gasteiger charge is -2.20. The summed E-state index contributed by atoms with van der Waals surface area (Å²) < 4.78 is 76.7. The molecule has 0 bridgehead atoms. The number of phosphoric acid groups is 2. The minimum absolute atomic E-state index is 0.0797. The van der Waals surface area contributed by atoms with E-state index in [1.165, 1.54) is 12.2 Å². The Hall–Kier alpha value is -2.25. The number of hydrogen-bond donors (Lipinski definition) is 4. The summed E-state index contributed by atoms with van der Waals surface area (Å²) in [6.45, 7) is 7.53. The number of rotatable bonds is 34. The molecule has 0 saturated heterocycles. The van der Waals surface area contributed by atoms with E-state index in [-0.39, 0.29) is 79.2 Å². The molecule has 0 rings (SSSR count). The van der Waals surface area contributed by atoms with Crippen molar-refractivity contribution in [2.24, 2.45) is 11.5 Å². The van der Waals surface area contributed by atoms with E-state index in [0.717, 1.165) is 0 Å². The van der Waals surface area contributed by atoms with Crippen LogP contribution in [0.15, 0.2) is 25.3 Å². The maximum Gasteiger partial charge on any atom is 0.475 e. The number of nitrogens with two attached hydrogens (primary N) is 2. The molecule has 0 saturated carbocycles. The van der Waals surface area contributed by atoms with Crippen molar-refractivity contribution in [2.75, 3.05) is 92.4 Å². The number of ether oxygens (including phenoxy) is 4. The Morgan fingerprint density at radius 1 is 0.630 bits per heavy atom. The Labute approximate surface area is 269 Å². The normalized spacial score (nSPS) is 15.0. The zero-order valence-electron chi connectivity index (χ0n) is 25.9. The summed E-state index contributed by atoms with van der Waals surface area (Å²) in [7, 11) is -8.08. The van der Waals surface area contributed by atoms with Crippen molar-refractivity contribution >= 4 is 34.6 Å². The summed E-state index contributed by atoms with van der Waals surface area (Å²) in [4.78, 5) is 32.3. The van der Waals surface area contributed by atoms with Gasteiger partial charge in [-0.3, -0.25) is 36.7 Å². The number of urea groups is 1. The summed E-state index contributed by atoms with van der Waals surface area (Å²) >= 11 is 0. The van der Waals surface area contributed by atoms with Crippen LogP contribution in [0.3, 0.4) is 0 Å². The molecule has 0 aliphatic rings. The molecule has 0 aliphatic heterocycles. The standard InChI is InChI=1S/C25H48N4O15P2/c1-3-9-39-45(33,43-19-23(26)17-35-11-5-13-37-21-30)41-15-7-28-25(32)29-8-16-42-46(34,40-10-4-2)44-20-24(27)18-36-12-6-14-38-22-31/h3-4,21-24H,1-2,5-20,26-27H2,(H2,28,29,32)/t23-,24-,45?,46?/m1/s1. The second kappa shape index (κ2) is 28.9. The molecule has 21 heteroatoms. The van der Waals surface area contributed by atoms with Crippen molar-refractivity contribution in [3.8, 4) is 0 Å². The molecule has 2 unspecified atom stereocenters. The van der Waals surface area contributed by atoms with Crippen LogP contribution in [0, 0.1) is 0 Å². The van der Waals surface area contributed by atoms with E-state index in [4.69, 9.17) is 48.1 Å². The number of nitrogens with one attached hydrogen (secondary N) is 2. The lowest BCUT2D eigenvalue weighted by atomic mass is 10.4. The molecule has 19 nitrogen and oxygen atoms in total. The SMILES string of the molecule is C=CCOP(=O)(OCCNC(=O)NCCOP(=O)(OCC=C)OC[C@H](N)COCCCOC=O)OC[C@H](N)COCCCOC=O. The van der Waals surface area contributed by atoms with E-state index in [1.54, 1.807) is 0 Å². The number of carbonyl (C=O) groups excluding carboxylic acids is 3. The molecule has 0 spiro atoms. The fraction of sp³-hybridized carbons (Fsp3) is 0.720. The van der Waals surface area contributed by atoms with Crippen molar-refractivity contribution in [1.82, 2.24) is 10.6 Å². The maximum absolute atomic E-state index is 12.9. The fourth-order valence-corrected chi connectivity index (χ4v) is 5.14. The summed E-state index contributed by atoms with van der Waals surface area (Å²) in [6.07, 6.45) is 3.67. The quantitative estimate of drug-likeness (QED) is 0.0312. The Morgan fingerprint density at radius 3 is 1.41 bits per heavy atom. The van der Waals surface area contributed by atoms with Crippen molar-refractivity contribution in [1.29, 1.82) is 0 Å². The topological polar surface area (TPSA) is 254 Å². The first kappa shape index (κ1) is 43.8. The first-order valence-electron chi connectivity index (χ1n) is 14.2. The fourth-order valence-electron chi connectivity index (χ4n) is 2.74. The second-order valence-corrected chi connectivity index (χ2v) is 12.2. The third-order valence-corrected chi connectivity index (χ3v) is 7.63. The zero-order chi connectivity index (χ0) is 34.4. The highest BCUT2D eigenvalue weighted by atomic mass is 31.2. The number of amides is 2. The molecule has 0 aliphatic carbocycles. The predicted molar refractivity (Wildman–Crippen MR) is 164 cm³/mol. The van der Waals surface area contributed by atoms with E-state index < -0.39 is 33.8 Å². The molecule has 0 aromatic heterocycles. The van der Waals surface area contributed by atoms with Gasteiger partial charge in [-0.25, -0.2) is 13.9 Å². The minimum atomic E-state index is -4.04. The molecule has 0 radical (unpaired) electrons. The number of carbonyl (C=O) groups is 3. The van der Waals surface area contributed by atoms with Crippen LogP contribution in [-0.2, 0) is 64.8 Å². The van der Waals surface area contributed by atoms with E-state index >= 15 is 0 Å². The average molecular weight is 707 g/mol. The Kier molecular flexibility index (Phi) is 27.5. The summed E-state index contributed by atoms with van der Waals surface area (Å²) in [6, 6.07) is -1.93. The zero-order valence-corrected chi connectivity index (χ0v) is 27.7. The molecule has 2 amide bonds. The molecule has 0 aromatic rings. The van der Waals surface area contributed by atoms with E-state index in [2.05, 4.69) is 33.3 Å². The highest BCUT2D eigenvalue weighted by molar-refractivity contribution is 7.48. The largest absolute Gasteiger partial charge is 0.475 e. The van der Waals surface area contributed by atoms with Crippen molar-refractivity contribution in [3.05, 3.63) is 25.3 Å². The first-order chi connectivity index (χ1) is 22.1. The maximum atomic E-state index is 12.9. The van der Waals surface area contributed by atoms with Gasteiger partial charge in [0.05, 0.1) is 78.2 Å². The number of hydrogen-bond acceptors (Lipinski definition) is 17. The highest BCUT2D eigenvalue weighted by Gasteiger charge is 2.28. The van der Waals surface area contributed by atoms with E-state index in [1.807, 2.05) is 0 Å². The van der Waals surface area contributed by atoms with Gasteiger partial charge in [-0.2, -0.15) is 0 Å². The summed E-state index contributed by atoms with van der Waals surface area (Å²) in [5.41, 5.74) is 11.8. The first-order valence-corrected chi connectivity index (χ1v) is 17.1.